The molecule has 0 aliphatic carbocycles. The average Bonchev–Trinajstić information content (AvgIpc) is 2.10. The van der Waals surface area contributed by atoms with Crippen LogP contribution in [0, 0.1) is 0 Å². The number of hydrogen-bond acceptors (Lipinski definition) is 14. The van der Waals surface area contributed by atoms with Crippen LogP contribution in [0.25, 0.3) is 0 Å². The number of nitrogens with zero attached hydrogens (tertiary/aromatic N) is 4. The van der Waals surface area contributed by atoms with Gasteiger partial charge in [-0.15, -0.1) is 0 Å². The number of hydrazine groups is 2. The predicted octanol–water partition coefficient (Wildman–Crippen LogP) is -1.54. The van der Waals surface area contributed by atoms with Gasteiger partial charge in [0.1, 0.15) is 0 Å². The van der Waals surface area contributed by atoms with Gasteiger partial charge in [-0.3, -0.25) is 44.7 Å². The molecular formula is H18N14P4. The van der Waals surface area contributed by atoms with Crippen LogP contribution in [0.15, 0.2) is 18.1 Å². The first-order valence-corrected chi connectivity index (χ1v) is 11.4. The second-order valence-corrected chi connectivity index (χ2v) is 12.1. The van der Waals surface area contributed by atoms with Gasteiger partial charge >= 0.3 is 0 Å². The summed E-state index contributed by atoms with van der Waals surface area (Å²) in [4.78, 5) is 0. The van der Waals surface area contributed by atoms with Gasteiger partial charge in [0.2, 0.25) is 30.0 Å². The maximum absolute atomic E-state index is 5.71. The molecule has 1 heterocycles. The molecule has 0 saturated heterocycles. The molecule has 0 radical (unpaired) electrons. The quantitative estimate of drug-likeness (QED) is 0.157. The van der Waals surface area contributed by atoms with Crippen molar-refractivity contribution in [3.05, 3.63) is 0 Å². The molecule has 1 rings (SSSR count). The normalized spacial score (nSPS) is 27.6. The number of nitrogens with one attached hydrogen (secondary N) is 2. The third-order valence-corrected chi connectivity index (χ3v) is 11.1. The lowest BCUT2D eigenvalue weighted by Crippen LogP contribution is -2.31. The zero-order valence-electron chi connectivity index (χ0n) is 9.20. The van der Waals surface area contributed by atoms with E-state index in [0.717, 1.165) is 0 Å². The first-order chi connectivity index (χ1) is 7.95. The van der Waals surface area contributed by atoms with Gasteiger partial charge < -0.3 is 0 Å². The van der Waals surface area contributed by atoms with E-state index in [-0.39, 0.29) is 0 Å². The summed E-state index contributed by atoms with van der Waals surface area (Å²) in [6.45, 7) is 0. The molecule has 0 aromatic carbocycles. The molecule has 1 aliphatic heterocycles. The van der Waals surface area contributed by atoms with Crippen LogP contribution in [-0.4, -0.2) is 0 Å². The Morgan fingerprint density at radius 2 is 0.889 bits per heavy atom. The Morgan fingerprint density at radius 3 is 1.28 bits per heavy atom. The Bertz CT molecular complexity index is 518. The van der Waals surface area contributed by atoms with Gasteiger partial charge in [0.05, 0.1) is 0 Å². The van der Waals surface area contributed by atoms with Crippen molar-refractivity contribution >= 4 is 30.0 Å². The monoisotopic (exact) mass is 338 g/mol. The van der Waals surface area contributed by atoms with E-state index >= 15 is 0 Å². The van der Waals surface area contributed by atoms with E-state index in [1.807, 2.05) is 0 Å². The van der Waals surface area contributed by atoms with Crippen molar-refractivity contribution < 1.29 is 0 Å². The summed E-state index contributed by atoms with van der Waals surface area (Å²) >= 11 is 0. The third-order valence-electron chi connectivity index (χ3n) is 1.48. The Balaban J connectivity index is 3.73. The summed E-state index contributed by atoms with van der Waals surface area (Å²) in [7, 11) is -12.7. The van der Waals surface area contributed by atoms with Gasteiger partial charge in [-0.05, 0) is 0 Å². The van der Waals surface area contributed by atoms with Crippen LogP contribution in [0.2, 0.25) is 0 Å². The van der Waals surface area contributed by atoms with Crippen LogP contribution in [0.4, 0.5) is 0 Å². The summed E-state index contributed by atoms with van der Waals surface area (Å²) in [6, 6.07) is 0. The highest BCUT2D eigenvalue weighted by Gasteiger charge is 2.27. The van der Waals surface area contributed by atoms with Crippen molar-refractivity contribution in [2.24, 2.45) is 62.8 Å². The first kappa shape index (κ1) is 16.6. The van der Waals surface area contributed by atoms with Crippen molar-refractivity contribution in [2.75, 3.05) is 0 Å². The van der Waals surface area contributed by atoms with Gasteiger partial charge in [-0.2, -0.15) is 28.5 Å². The molecular weight excluding hydrogens is 320 g/mol. The lowest BCUT2D eigenvalue weighted by molar-refractivity contribution is 0.976. The molecule has 0 atom stereocenters. The summed E-state index contributed by atoms with van der Waals surface area (Å²) in [5.41, 5.74) is 34.1. The molecule has 0 aromatic heterocycles. The highest BCUT2D eigenvalue weighted by Crippen LogP contribution is 2.64. The van der Waals surface area contributed by atoms with Crippen molar-refractivity contribution in [1.82, 2.24) is 10.4 Å². The SMILES string of the molecule is NNP1(NN)=NP(N)(N)=NP(N)(N)=NP(N)(N)=N1. The van der Waals surface area contributed by atoms with E-state index in [2.05, 4.69) is 28.5 Å². The smallest absolute Gasteiger partial charge is 0.242 e. The van der Waals surface area contributed by atoms with Gasteiger partial charge in [0, 0.05) is 0 Å². The Hall–Kier alpha value is 0.520. The summed E-state index contributed by atoms with van der Waals surface area (Å²) in [6.07, 6.45) is 0. The number of rotatable bonds is 2. The first-order valence-electron chi connectivity index (χ1n) is 4.17. The van der Waals surface area contributed by atoms with Crippen molar-refractivity contribution in [3.8, 4) is 0 Å². The van der Waals surface area contributed by atoms with Crippen LogP contribution in [0.3, 0.4) is 0 Å². The van der Waals surface area contributed by atoms with Crippen molar-refractivity contribution in [1.29, 1.82) is 0 Å². The molecule has 18 heavy (non-hydrogen) atoms. The lowest BCUT2D eigenvalue weighted by Gasteiger charge is -2.26. The zero-order chi connectivity index (χ0) is 14.2. The van der Waals surface area contributed by atoms with Crippen molar-refractivity contribution in [2.45, 2.75) is 0 Å². The Morgan fingerprint density at radius 1 is 0.556 bits per heavy atom. The lowest BCUT2D eigenvalue weighted by atomic mass is 12.9. The minimum absolute atomic E-state index is 2.26. The number of hydrogen-bond donors (Lipinski definition) is 10. The van der Waals surface area contributed by atoms with Gasteiger partial charge in [-0.1, -0.05) is 0 Å². The molecule has 0 unspecified atom stereocenters. The molecule has 14 nitrogen and oxygen atoms in total. The van der Waals surface area contributed by atoms with E-state index in [0.29, 0.717) is 0 Å². The van der Waals surface area contributed by atoms with E-state index < -0.39 is 30.0 Å². The maximum Gasteiger partial charge on any atom is 0.242 e. The van der Waals surface area contributed by atoms with E-state index in [4.69, 9.17) is 44.7 Å². The topological polar surface area (TPSA) is 282 Å². The second kappa shape index (κ2) is 5.13. The van der Waals surface area contributed by atoms with Gasteiger partial charge in [-0.25, -0.2) is 0 Å². The summed E-state index contributed by atoms with van der Waals surface area (Å²) < 4.78 is 15.6. The Labute approximate surface area is 104 Å². The highest BCUT2D eigenvalue weighted by atomic mass is 31.3. The van der Waals surface area contributed by atoms with Crippen LogP contribution in [0.5, 0.6) is 0 Å². The van der Waals surface area contributed by atoms with Crippen LogP contribution < -0.4 is 55.1 Å². The molecule has 0 fully saturated rings. The molecule has 0 spiro atoms. The molecule has 108 valence electrons. The molecule has 18 N–H and O–H groups in total. The molecule has 0 saturated carbocycles. The molecule has 1 aliphatic rings. The minimum atomic E-state index is -3.21. The average molecular weight is 338 g/mol. The largest absolute Gasteiger partial charge is 0.267 e. The third kappa shape index (κ3) is 4.27. The van der Waals surface area contributed by atoms with Crippen molar-refractivity contribution in [3.63, 3.8) is 0 Å². The van der Waals surface area contributed by atoms with Crippen LogP contribution in [0.1, 0.15) is 0 Å². The fourth-order valence-corrected chi connectivity index (χ4v) is 10.8. The van der Waals surface area contributed by atoms with Gasteiger partial charge in [0.25, 0.3) is 0 Å². The Kier molecular flexibility index (Phi) is 4.73. The molecule has 0 aromatic rings. The summed E-state index contributed by atoms with van der Waals surface area (Å²) in [5.74, 6) is 10.6. The summed E-state index contributed by atoms with van der Waals surface area (Å²) in [5, 5.41) is 4.52. The van der Waals surface area contributed by atoms with E-state index in [1.165, 1.54) is 0 Å². The second-order valence-electron chi connectivity index (χ2n) is 3.32. The minimum Gasteiger partial charge on any atom is -0.267 e. The zero-order valence-corrected chi connectivity index (χ0v) is 12.8. The highest BCUT2D eigenvalue weighted by molar-refractivity contribution is 7.83. The fraction of sp³-hybridized carbons (Fsp3) is 0. The van der Waals surface area contributed by atoms with Crippen LogP contribution in [-0.2, 0) is 0 Å². The number of nitrogens with two attached hydrogens (primary N) is 8. The maximum atomic E-state index is 5.71. The van der Waals surface area contributed by atoms with E-state index in [1.54, 1.807) is 0 Å². The van der Waals surface area contributed by atoms with E-state index in [9.17, 15) is 0 Å². The van der Waals surface area contributed by atoms with Gasteiger partial charge in [0.15, 0.2) is 0 Å². The predicted molar refractivity (Wildman–Crippen MR) is 77.2 cm³/mol. The van der Waals surface area contributed by atoms with Crippen LogP contribution >= 0.6 is 30.0 Å². The molecule has 0 bridgehead atoms. The standard InChI is InChI=1S/H18N14P4/c1-9-18(10-2)13-16(5,6)11-15(3,4)12-17(7,8)14-18/h9-10H,1-8H2. The molecule has 0 amide bonds. The fourth-order valence-electron chi connectivity index (χ4n) is 1.09. The molecule has 18 heteroatoms.